The Morgan fingerprint density at radius 2 is 1.85 bits per heavy atom. The second-order valence-corrected chi connectivity index (χ2v) is 13.4. The zero-order valence-electron chi connectivity index (χ0n) is 22.5. The molecule has 10 nitrogen and oxygen atoms in total. The van der Waals surface area contributed by atoms with Crippen LogP contribution in [-0.4, -0.2) is 59.4 Å². The number of ether oxygens (including phenoxy) is 2. The molecule has 0 bridgehead atoms. The van der Waals surface area contributed by atoms with E-state index in [0.29, 0.717) is 35.8 Å². The van der Waals surface area contributed by atoms with Gasteiger partial charge in [-0.2, -0.15) is 0 Å². The molecule has 3 heterocycles. The third-order valence-corrected chi connectivity index (χ3v) is 8.85. The molecule has 0 spiro atoms. The molecule has 1 unspecified atom stereocenters. The fraction of sp³-hybridized carbons (Fsp3) is 0.321. The standard InChI is InChI=1S/C28H28Cl2N4O6S/c1-28(2,3)26(27(35)36)34(41(37,38)22-12-18(29)11-19(30)13-22)20-4-5-23-17(10-20)6-8-33(23)24-14-32-25(15-31-24)40-21-7-9-39-16-21/h4-6,8,10-15,21,26H,7,9,16H2,1-3H3,(H,35,36)/t21-,26?/m1/s1. The van der Waals surface area contributed by atoms with Gasteiger partial charge in [0.25, 0.3) is 10.0 Å². The van der Waals surface area contributed by atoms with Gasteiger partial charge in [-0.05, 0) is 47.9 Å². The van der Waals surface area contributed by atoms with E-state index in [4.69, 9.17) is 32.7 Å². The summed E-state index contributed by atoms with van der Waals surface area (Å²) in [5, 5.41) is 11.1. The number of halogens is 2. The fourth-order valence-electron chi connectivity index (χ4n) is 4.78. The number of hydrogen-bond acceptors (Lipinski definition) is 7. The van der Waals surface area contributed by atoms with Crippen LogP contribution in [0.4, 0.5) is 5.69 Å². The van der Waals surface area contributed by atoms with E-state index in [9.17, 15) is 18.3 Å². The first-order chi connectivity index (χ1) is 19.3. The number of sulfonamides is 1. The molecule has 1 saturated heterocycles. The quantitative estimate of drug-likeness (QED) is 0.271. The van der Waals surface area contributed by atoms with Gasteiger partial charge in [0.15, 0.2) is 5.82 Å². The van der Waals surface area contributed by atoms with Crippen LogP contribution >= 0.6 is 23.2 Å². The van der Waals surface area contributed by atoms with E-state index in [0.717, 1.165) is 10.7 Å². The van der Waals surface area contributed by atoms with Crippen molar-refractivity contribution in [3.8, 4) is 11.7 Å². The predicted molar refractivity (Wildman–Crippen MR) is 156 cm³/mol. The summed E-state index contributed by atoms with van der Waals surface area (Å²) in [5.41, 5.74) is -0.0967. The lowest BCUT2D eigenvalue weighted by Gasteiger charge is -2.37. The lowest BCUT2D eigenvalue weighted by molar-refractivity contribution is -0.140. The summed E-state index contributed by atoms with van der Waals surface area (Å²) in [4.78, 5) is 21.2. The van der Waals surface area contributed by atoms with E-state index in [1.54, 1.807) is 68.2 Å². The molecule has 0 aliphatic carbocycles. The third kappa shape index (κ3) is 5.99. The summed E-state index contributed by atoms with van der Waals surface area (Å²) in [5.74, 6) is -0.376. The highest BCUT2D eigenvalue weighted by atomic mass is 35.5. The molecule has 216 valence electrons. The molecular weight excluding hydrogens is 591 g/mol. The molecule has 1 aliphatic heterocycles. The number of benzene rings is 2. The number of aromatic nitrogens is 3. The molecule has 41 heavy (non-hydrogen) atoms. The minimum absolute atomic E-state index is 0.0501. The third-order valence-electron chi connectivity index (χ3n) is 6.65. The van der Waals surface area contributed by atoms with Gasteiger partial charge >= 0.3 is 5.97 Å². The van der Waals surface area contributed by atoms with E-state index >= 15 is 0 Å². The number of nitrogens with zero attached hydrogens (tertiary/aromatic N) is 4. The van der Waals surface area contributed by atoms with Gasteiger partial charge in [-0.1, -0.05) is 44.0 Å². The van der Waals surface area contributed by atoms with Gasteiger partial charge in [-0.25, -0.2) is 23.2 Å². The normalized spacial score (nSPS) is 16.6. The van der Waals surface area contributed by atoms with Crippen LogP contribution in [0.5, 0.6) is 5.88 Å². The van der Waals surface area contributed by atoms with Crippen molar-refractivity contribution in [2.24, 2.45) is 5.41 Å². The van der Waals surface area contributed by atoms with E-state index in [1.165, 1.54) is 18.2 Å². The molecule has 4 aromatic rings. The number of fused-ring (bicyclic) bond motifs is 1. The minimum Gasteiger partial charge on any atom is -0.480 e. The fourth-order valence-corrected chi connectivity index (χ4v) is 7.29. The Balaban J connectivity index is 1.56. The molecule has 1 aliphatic rings. The van der Waals surface area contributed by atoms with Gasteiger partial charge in [0, 0.05) is 28.0 Å². The summed E-state index contributed by atoms with van der Waals surface area (Å²) < 4.78 is 41.9. The van der Waals surface area contributed by atoms with Gasteiger partial charge < -0.3 is 14.6 Å². The molecule has 1 fully saturated rings. The number of hydrogen-bond donors (Lipinski definition) is 1. The summed E-state index contributed by atoms with van der Waals surface area (Å²) in [6, 6.07) is 9.14. The van der Waals surface area contributed by atoms with Crippen LogP contribution in [0.25, 0.3) is 16.7 Å². The van der Waals surface area contributed by atoms with Crippen molar-refractivity contribution >= 4 is 55.8 Å². The molecule has 13 heteroatoms. The summed E-state index contributed by atoms with van der Waals surface area (Å²) in [7, 11) is -4.42. The predicted octanol–water partition coefficient (Wildman–Crippen LogP) is 5.59. The zero-order chi connectivity index (χ0) is 29.5. The first-order valence-electron chi connectivity index (χ1n) is 12.8. The Hall–Kier alpha value is -3.38. The number of rotatable bonds is 8. The van der Waals surface area contributed by atoms with E-state index in [2.05, 4.69) is 9.97 Å². The lowest BCUT2D eigenvalue weighted by Crippen LogP contribution is -2.52. The molecule has 2 atom stereocenters. The maximum Gasteiger partial charge on any atom is 0.328 e. The Morgan fingerprint density at radius 1 is 1.12 bits per heavy atom. The molecule has 1 N–H and O–H groups in total. The minimum atomic E-state index is -4.42. The Morgan fingerprint density at radius 3 is 2.44 bits per heavy atom. The molecule has 0 saturated carbocycles. The molecule has 2 aromatic carbocycles. The smallest absolute Gasteiger partial charge is 0.328 e. The number of anilines is 1. The molecule has 0 amide bonds. The highest BCUT2D eigenvalue weighted by Crippen LogP contribution is 2.37. The summed E-state index contributed by atoms with van der Waals surface area (Å²) >= 11 is 12.2. The van der Waals surface area contributed by atoms with Crippen molar-refractivity contribution in [3.63, 3.8) is 0 Å². The number of carboxylic acids is 1. The van der Waals surface area contributed by atoms with Crippen molar-refractivity contribution < 1.29 is 27.8 Å². The number of aliphatic carboxylic acids is 1. The van der Waals surface area contributed by atoms with Crippen molar-refractivity contribution in [3.05, 3.63) is 71.1 Å². The first kappa shape index (κ1) is 29.1. The van der Waals surface area contributed by atoms with Gasteiger partial charge in [0.2, 0.25) is 5.88 Å². The zero-order valence-corrected chi connectivity index (χ0v) is 24.8. The van der Waals surface area contributed by atoms with Crippen LogP contribution in [0, 0.1) is 5.41 Å². The highest BCUT2D eigenvalue weighted by Gasteiger charge is 2.43. The maximum atomic E-state index is 14.1. The van der Waals surface area contributed by atoms with Crippen molar-refractivity contribution in [2.75, 3.05) is 17.5 Å². The van der Waals surface area contributed by atoms with Gasteiger partial charge in [0.05, 0.1) is 41.7 Å². The van der Waals surface area contributed by atoms with Crippen LogP contribution in [0.3, 0.4) is 0 Å². The average Bonchev–Trinajstić information content (AvgIpc) is 3.55. The topological polar surface area (TPSA) is 124 Å². The van der Waals surface area contributed by atoms with Crippen LogP contribution in [0.1, 0.15) is 27.2 Å². The van der Waals surface area contributed by atoms with Crippen LogP contribution < -0.4 is 9.04 Å². The van der Waals surface area contributed by atoms with Gasteiger partial charge in [-0.15, -0.1) is 0 Å². The first-order valence-corrected chi connectivity index (χ1v) is 15.0. The average molecular weight is 620 g/mol. The number of carboxylic acid groups (broad SMARTS) is 1. The van der Waals surface area contributed by atoms with Crippen LogP contribution in [0.2, 0.25) is 10.0 Å². The molecule has 5 rings (SSSR count). The molecule has 2 aromatic heterocycles. The monoisotopic (exact) mass is 618 g/mol. The van der Waals surface area contributed by atoms with Gasteiger partial charge in [-0.3, -0.25) is 8.87 Å². The second kappa shape index (κ2) is 11.1. The second-order valence-electron chi connectivity index (χ2n) is 10.8. The number of carbonyl (C=O) groups is 1. The Labute approximate surface area is 247 Å². The van der Waals surface area contributed by atoms with Crippen LogP contribution in [0.15, 0.2) is 66.0 Å². The molecule has 0 radical (unpaired) electrons. The lowest BCUT2D eigenvalue weighted by atomic mass is 9.86. The van der Waals surface area contributed by atoms with Crippen molar-refractivity contribution in [1.29, 1.82) is 0 Å². The van der Waals surface area contributed by atoms with E-state index in [-0.39, 0.29) is 26.7 Å². The van der Waals surface area contributed by atoms with E-state index < -0.39 is 27.4 Å². The Kier molecular flexibility index (Phi) is 7.90. The van der Waals surface area contributed by atoms with Gasteiger partial charge in [0.1, 0.15) is 12.1 Å². The maximum absolute atomic E-state index is 14.1. The Bertz CT molecular complexity index is 1680. The van der Waals surface area contributed by atoms with Crippen molar-refractivity contribution in [2.45, 2.75) is 44.2 Å². The highest BCUT2D eigenvalue weighted by molar-refractivity contribution is 7.93. The summed E-state index contributed by atoms with van der Waals surface area (Å²) in [6.07, 6.45) is 5.64. The van der Waals surface area contributed by atoms with Crippen molar-refractivity contribution in [1.82, 2.24) is 14.5 Å². The SMILES string of the molecule is CC(C)(C)C(C(=O)O)N(c1ccc2c(ccn2-c2cnc(O[C@@H]3CCOC3)cn2)c1)S(=O)(=O)c1cc(Cl)cc(Cl)c1. The summed E-state index contributed by atoms with van der Waals surface area (Å²) in [6.45, 7) is 6.17. The molecular formula is C28H28Cl2N4O6S. The van der Waals surface area contributed by atoms with Crippen LogP contribution in [-0.2, 0) is 19.6 Å². The largest absolute Gasteiger partial charge is 0.480 e. The van der Waals surface area contributed by atoms with E-state index in [1.807, 2.05) is 0 Å².